The van der Waals surface area contributed by atoms with Gasteiger partial charge < -0.3 is 15.0 Å². The van der Waals surface area contributed by atoms with Crippen molar-refractivity contribution in [1.29, 1.82) is 0 Å². The molecule has 0 unspecified atom stereocenters. The van der Waals surface area contributed by atoms with Gasteiger partial charge in [-0.05, 0) is 54.8 Å². The summed E-state index contributed by atoms with van der Waals surface area (Å²) in [5.74, 6) is -0.801. The number of nitrogens with zero attached hydrogens (tertiary/aromatic N) is 1. The van der Waals surface area contributed by atoms with Crippen LogP contribution in [0.15, 0.2) is 54.6 Å². The molecule has 1 aliphatic rings. The van der Waals surface area contributed by atoms with E-state index in [0.717, 1.165) is 5.56 Å². The zero-order chi connectivity index (χ0) is 21.5. The van der Waals surface area contributed by atoms with Gasteiger partial charge in [0.05, 0.1) is 0 Å². The van der Waals surface area contributed by atoms with E-state index in [1.165, 1.54) is 31.2 Å². The SMILES string of the molecule is CC(=O)Oc1cccc(C(=O)NC2CCN(C(=O)/C=C/c3ccc(F)cc3)CC2)c1. The average Bonchev–Trinajstić information content (AvgIpc) is 2.73. The molecule has 3 rings (SSSR count). The first-order valence-corrected chi connectivity index (χ1v) is 9.72. The molecular formula is C23H23FN2O4. The van der Waals surface area contributed by atoms with Crippen molar-refractivity contribution in [1.82, 2.24) is 10.2 Å². The number of rotatable bonds is 5. The summed E-state index contributed by atoms with van der Waals surface area (Å²) in [6.45, 7) is 2.37. The van der Waals surface area contributed by atoms with E-state index in [1.54, 1.807) is 41.3 Å². The van der Waals surface area contributed by atoms with Gasteiger partial charge in [-0.3, -0.25) is 14.4 Å². The number of hydrogen-bond acceptors (Lipinski definition) is 4. The quantitative estimate of drug-likeness (QED) is 0.467. The van der Waals surface area contributed by atoms with Crippen LogP contribution in [0.1, 0.15) is 35.7 Å². The van der Waals surface area contributed by atoms with Crippen LogP contribution in [-0.2, 0) is 9.59 Å². The van der Waals surface area contributed by atoms with Crippen LogP contribution >= 0.6 is 0 Å². The lowest BCUT2D eigenvalue weighted by atomic mass is 10.0. The van der Waals surface area contributed by atoms with Crippen LogP contribution in [-0.4, -0.2) is 41.8 Å². The lowest BCUT2D eigenvalue weighted by Crippen LogP contribution is -2.46. The van der Waals surface area contributed by atoms with Gasteiger partial charge in [-0.2, -0.15) is 0 Å². The van der Waals surface area contributed by atoms with Gasteiger partial charge in [0.25, 0.3) is 5.91 Å². The Morgan fingerprint density at radius 2 is 1.80 bits per heavy atom. The van der Waals surface area contributed by atoms with E-state index in [2.05, 4.69) is 5.32 Å². The average molecular weight is 410 g/mol. The highest BCUT2D eigenvalue weighted by Crippen LogP contribution is 2.16. The molecule has 1 N–H and O–H groups in total. The summed E-state index contributed by atoms with van der Waals surface area (Å²) < 4.78 is 17.9. The van der Waals surface area contributed by atoms with E-state index in [0.29, 0.717) is 37.2 Å². The van der Waals surface area contributed by atoms with E-state index in [9.17, 15) is 18.8 Å². The Morgan fingerprint density at radius 1 is 1.10 bits per heavy atom. The van der Waals surface area contributed by atoms with Crippen molar-refractivity contribution in [2.75, 3.05) is 13.1 Å². The number of piperidine rings is 1. The fourth-order valence-electron chi connectivity index (χ4n) is 3.23. The molecule has 1 fully saturated rings. The summed E-state index contributed by atoms with van der Waals surface area (Å²) in [6, 6.07) is 12.3. The maximum atomic E-state index is 12.9. The summed E-state index contributed by atoms with van der Waals surface area (Å²) in [4.78, 5) is 37.6. The Balaban J connectivity index is 1.49. The minimum atomic E-state index is -0.446. The molecule has 2 aromatic carbocycles. The number of esters is 1. The lowest BCUT2D eigenvalue weighted by molar-refractivity contribution is -0.132. The third kappa shape index (κ3) is 6.01. The highest BCUT2D eigenvalue weighted by atomic mass is 19.1. The molecule has 2 aromatic rings. The molecule has 0 saturated carbocycles. The van der Waals surface area contributed by atoms with Crippen molar-refractivity contribution in [3.8, 4) is 5.75 Å². The maximum absolute atomic E-state index is 12.9. The number of carbonyl (C=O) groups is 3. The predicted octanol–water partition coefficient (Wildman–Crippen LogP) is 3.19. The summed E-state index contributed by atoms with van der Waals surface area (Å²) in [7, 11) is 0. The lowest BCUT2D eigenvalue weighted by Gasteiger charge is -2.31. The van der Waals surface area contributed by atoms with Crippen LogP contribution in [0.5, 0.6) is 5.75 Å². The van der Waals surface area contributed by atoms with Crippen LogP contribution in [0.4, 0.5) is 4.39 Å². The Morgan fingerprint density at radius 3 is 2.47 bits per heavy atom. The Labute approximate surface area is 174 Å². The molecule has 1 saturated heterocycles. The molecule has 0 atom stereocenters. The van der Waals surface area contributed by atoms with E-state index >= 15 is 0 Å². The largest absolute Gasteiger partial charge is 0.427 e. The Kier molecular flexibility index (Phi) is 6.95. The van der Waals surface area contributed by atoms with Crippen molar-refractivity contribution < 1.29 is 23.5 Å². The molecule has 1 aliphatic heterocycles. The molecule has 6 nitrogen and oxygen atoms in total. The van der Waals surface area contributed by atoms with Crippen molar-refractivity contribution in [3.63, 3.8) is 0 Å². The number of ether oxygens (including phenoxy) is 1. The van der Waals surface area contributed by atoms with Gasteiger partial charge in [0.1, 0.15) is 11.6 Å². The third-order valence-electron chi connectivity index (χ3n) is 4.79. The summed E-state index contributed by atoms with van der Waals surface area (Å²) >= 11 is 0. The minimum absolute atomic E-state index is 0.0417. The number of halogens is 1. The first-order valence-electron chi connectivity index (χ1n) is 9.72. The van der Waals surface area contributed by atoms with Gasteiger partial charge in [-0.1, -0.05) is 18.2 Å². The molecule has 2 amide bonds. The first-order chi connectivity index (χ1) is 14.4. The number of carbonyl (C=O) groups excluding carboxylic acids is 3. The van der Waals surface area contributed by atoms with Crippen molar-refractivity contribution in [3.05, 3.63) is 71.6 Å². The molecular weight excluding hydrogens is 387 g/mol. The van der Waals surface area contributed by atoms with Crippen LogP contribution in [0, 0.1) is 5.82 Å². The van der Waals surface area contributed by atoms with Crippen molar-refractivity contribution in [2.24, 2.45) is 0 Å². The number of hydrogen-bond donors (Lipinski definition) is 1. The predicted molar refractivity (Wildman–Crippen MR) is 110 cm³/mol. The van der Waals surface area contributed by atoms with Gasteiger partial charge in [-0.15, -0.1) is 0 Å². The van der Waals surface area contributed by atoms with Gasteiger partial charge in [-0.25, -0.2) is 4.39 Å². The highest BCUT2D eigenvalue weighted by Gasteiger charge is 2.23. The number of benzene rings is 2. The zero-order valence-corrected chi connectivity index (χ0v) is 16.6. The second-order valence-corrected chi connectivity index (χ2v) is 7.08. The molecule has 0 spiro atoms. The Bertz CT molecular complexity index is 948. The first kappa shape index (κ1) is 21.2. The molecule has 0 aliphatic carbocycles. The summed E-state index contributed by atoms with van der Waals surface area (Å²) in [5.41, 5.74) is 1.16. The van der Waals surface area contributed by atoms with Gasteiger partial charge in [0.15, 0.2) is 0 Å². The molecule has 0 bridgehead atoms. The topological polar surface area (TPSA) is 75.7 Å². The molecule has 0 aromatic heterocycles. The normalized spacial score (nSPS) is 14.5. The van der Waals surface area contributed by atoms with Crippen LogP contribution in [0.3, 0.4) is 0 Å². The van der Waals surface area contributed by atoms with E-state index in [-0.39, 0.29) is 23.7 Å². The number of amides is 2. The Hall–Kier alpha value is -3.48. The molecule has 0 radical (unpaired) electrons. The van der Waals surface area contributed by atoms with Crippen molar-refractivity contribution in [2.45, 2.75) is 25.8 Å². The van der Waals surface area contributed by atoms with Crippen molar-refractivity contribution >= 4 is 23.9 Å². The van der Waals surface area contributed by atoms with Gasteiger partial charge in [0, 0.05) is 37.7 Å². The second kappa shape index (κ2) is 9.82. The number of nitrogens with one attached hydrogen (secondary N) is 1. The second-order valence-electron chi connectivity index (χ2n) is 7.08. The molecule has 7 heteroatoms. The smallest absolute Gasteiger partial charge is 0.308 e. The van der Waals surface area contributed by atoms with Crippen LogP contribution < -0.4 is 10.1 Å². The minimum Gasteiger partial charge on any atom is -0.427 e. The highest BCUT2D eigenvalue weighted by molar-refractivity contribution is 5.95. The summed E-state index contributed by atoms with van der Waals surface area (Å²) in [5, 5.41) is 2.97. The standard InChI is InChI=1S/C23H23FN2O4/c1-16(27)30-21-4-2-3-18(15-21)23(29)25-20-11-13-26(14-12-20)22(28)10-7-17-5-8-19(24)9-6-17/h2-10,15,20H,11-14H2,1H3,(H,25,29)/b10-7+. The fraction of sp³-hybridized carbons (Fsp3) is 0.261. The van der Waals surface area contributed by atoms with E-state index in [1.807, 2.05) is 0 Å². The van der Waals surface area contributed by atoms with Gasteiger partial charge >= 0.3 is 5.97 Å². The molecule has 1 heterocycles. The van der Waals surface area contributed by atoms with Crippen LogP contribution in [0.25, 0.3) is 6.08 Å². The third-order valence-corrected chi connectivity index (χ3v) is 4.79. The summed E-state index contributed by atoms with van der Waals surface area (Å²) in [6.07, 6.45) is 4.43. The monoisotopic (exact) mass is 410 g/mol. The molecule has 30 heavy (non-hydrogen) atoms. The van der Waals surface area contributed by atoms with E-state index in [4.69, 9.17) is 4.74 Å². The zero-order valence-electron chi connectivity index (χ0n) is 16.6. The molecule has 156 valence electrons. The van der Waals surface area contributed by atoms with E-state index < -0.39 is 5.97 Å². The van der Waals surface area contributed by atoms with Gasteiger partial charge in [0.2, 0.25) is 5.91 Å². The number of likely N-dealkylation sites (tertiary alicyclic amines) is 1. The van der Waals surface area contributed by atoms with Crippen LogP contribution in [0.2, 0.25) is 0 Å². The maximum Gasteiger partial charge on any atom is 0.308 e. The fourth-order valence-corrected chi connectivity index (χ4v) is 3.23.